The summed E-state index contributed by atoms with van der Waals surface area (Å²) in [5, 5.41) is 5.68. The molecular formula is C14H19F3N2O2. The molecule has 1 aromatic carbocycles. The molecule has 0 aliphatic heterocycles. The van der Waals surface area contributed by atoms with Gasteiger partial charge >= 0.3 is 6.36 Å². The highest BCUT2D eigenvalue weighted by atomic mass is 19.4. The second-order valence-corrected chi connectivity index (χ2v) is 5.21. The van der Waals surface area contributed by atoms with Gasteiger partial charge in [-0.2, -0.15) is 0 Å². The molecule has 4 nitrogen and oxygen atoms in total. The number of alkyl halides is 3. The first-order valence-corrected chi connectivity index (χ1v) is 6.52. The molecule has 0 aromatic heterocycles. The third kappa shape index (κ3) is 6.87. The minimum Gasteiger partial charge on any atom is -0.406 e. The molecule has 0 unspecified atom stereocenters. The molecule has 0 radical (unpaired) electrons. The molecular weight excluding hydrogens is 285 g/mol. The lowest BCUT2D eigenvalue weighted by molar-refractivity contribution is -0.274. The van der Waals surface area contributed by atoms with E-state index in [0.717, 1.165) is 6.42 Å². The van der Waals surface area contributed by atoms with Crippen molar-refractivity contribution in [2.24, 2.45) is 0 Å². The van der Waals surface area contributed by atoms with Crippen molar-refractivity contribution in [1.82, 2.24) is 5.32 Å². The number of hydrogen-bond acceptors (Lipinski definition) is 3. The minimum absolute atomic E-state index is 0.0445. The largest absolute Gasteiger partial charge is 0.573 e. The van der Waals surface area contributed by atoms with Gasteiger partial charge in [0.15, 0.2) is 0 Å². The number of ether oxygens (including phenoxy) is 1. The summed E-state index contributed by atoms with van der Waals surface area (Å²) in [6.45, 7) is 5.83. The predicted molar refractivity (Wildman–Crippen MR) is 74.1 cm³/mol. The summed E-state index contributed by atoms with van der Waals surface area (Å²) in [7, 11) is 0. The number of anilines is 1. The molecule has 118 valence electrons. The summed E-state index contributed by atoms with van der Waals surface area (Å²) >= 11 is 0. The first-order valence-electron chi connectivity index (χ1n) is 6.52. The van der Waals surface area contributed by atoms with E-state index in [9.17, 15) is 18.0 Å². The fourth-order valence-electron chi connectivity index (χ4n) is 1.47. The number of nitrogens with one attached hydrogen (secondary N) is 2. The summed E-state index contributed by atoms with van der Waals surface area (Å²) in [5.74, 6) is -0.484. The van der Waals surface area contributed by atoms with Crippen LogP contribution in [0.5, 0.6) is 5.75 Å². The van der Waals surface area contributed by atoms with Gasteiger partial charge in [-0.1, -0.05) is 6.92 Å². The van der Waals surface area contributed by atoms with Gasteiger partial charge in [0.1, 0.15) is 5.75 Å². The van der Waals surface area contributed by atoms with Gasteiger partial charge in [0.05, 0.1) is 6.54 Å². The van der Waals surface area contributed by atoms with Gasteiger partial charge in [0.2, 0.25) is 5.91 Å². The van der Waals surface area contributed by atoms with Crippen LogP contribution in [0, 0.1) is 0 Å². The van der Waals surface area contributed by atoms with Gasteiger partial charge in [-0.05, 0) is 44.5 Å². The zero-order chi connectivity index (χ0) is 16.1. The molecule has 0 heterocycles. The Morgan fingerprint density at radius 2 is 1.76 bits per heavy atom. The molecule has 0 atom stereocenters. The maximum absolute atomic E-state index is 12.0. The molecule has 0 aliphatic carbocycles. The van der Waals surface area contributed by atoms with Crippen molar-refractivity contribution in [3.05, 3.63) is 24.3 Å². The lowest BCUT2D eigenvalue weighted by atomic mass is 10.0. The predicted octanol–water partition coefficient (Wildman–Crippen LogP) is 3.30. The Labute approximate surface area is 121 Å². The highest BCUT2D eigenvalue weighted by Gasteiger charge is 2.30. The third-order valence-corrected chi connectivity index (χ3v) is 2.90. The molecule has 7 heteroatoms. The molecule has 0 bridgehead atoms. The number of hydrogen-bond donors (Lipinski definition) is 2. The zero-order valence-electron chi connectivity index (χ0n) is 12.2. The quantitative estimate of drug-likeness (QED) is 0.848. The van der Waals surface area contributed by atoms with E-state index in [1.807, 2.05) is 20.8 Å². The lowest BCUT2D eigenvalue weighted by Crippen LogP contribution is -2.45. The summed E-state index contributed by atoms with van der Waals surface area (Å²) in [6.07, 6.45) is -3.91. The first kappa shape index (κ1) is 17.1. The molecule has 0 spiro atoms. The molecule has 21 heavy (non-hydrogen) atoms. The Balaban J connectivity index is 2.48. The van der Waals surface area contributed by atoms with Crippen molar-refractivity contribution in [2.75, 3.05) is 11.9 Å². The average molecular weight is 304 g/mol. The van der Waals surface area contributed by atoms with E-state index >= 15 is 0 Å². The van der Waals surface area contributed by atoms with Crippen molar-refractivity contribution in [2.45, 2.75) is 39.1 Å². The fraction of sp³-hybridized carbons (Fsp3) is 0.500. The van der Waals surface area contributed by atoms with Crippen LogP contribution < -0.4 is 15.4 Å². The SMILES string of the molecule is CCC(C)(C)NC(=O)CNc1ccc(OC(F)(F)F)cc1. The summed E-state index contributed by atoms with van der Waals surface area (Å²) in [4.78, 5) is 11.7. The van der Waals surface area contributed by atoms with E-state index in [0.29, 0.717) is 5.69 Å². The van der Waals surface area contributed by atoms with Crippen LogP contribution in [0.15, 0.2) is 24.3 Å². The Morgan fingerprint density at radius 3 is 2.24 bits per heavy atom. The molecule has 1 aromatic rings. The maximum atomic E-state index is 12.0. The van der Waals surface area contributed by atoms with E-state index in [4.69, 9.17) is 0 Å². The van der Waals surface area contributed by atoms with Crippen molar-refractivity contribution < 1.29 is 22.7 Å². The van der Waals surface area contributed by atoms with Crippen LogP contribution >= 0.6 is 0 Å². The fourth-order valence-corrected chi connectivity index (χ4v) is 1.47. The van der Waals surface area contributed by atoms with Crippen LogP contribution in [-0.4, -0.2) is 24.4 Å². The lowest BCUT2D eigenvalue weighted by Gasteiger charge is -2.24. The summed E-state index contributed by atoms with van der Waals surface area (Å²) in [5.41, 5.74) is 0.248. The van der Waals surface area contributed by atoms with Gasteiger partial charge in [-0.3, -0.25) is 4.79 Å². The van der Waals surface area contributed by atoms with Gasteiger partial charge in [0, 0.05) is 11.2 Å². The number of carbonyl (C=O) groups excluding carboxylic acids is 1. The zero-order valence-corrected chi connectivity index (χ0v) is 12.2. The van der Waals surface area contributed by atoms with Crippen molar-refractivity contribution in [3.8, 4) is 5.75 Å². The first-order chi connectivity index (χ1) is 9.61. The Morgan fingerprint density at radius 1 is 1.19 bits per heavy atom. The topological polar surface area (TPSA) is 50.4 Å². The Kier molecular flexibility index (Phi) is 5.46. The normalized spacial score (nSPS) is 11.9. The van der Waals surface area contributed by atoms with E-state index in [1.54, 1.807) is 0 Å². The Bertz CT molecular complexity index is 470. The van der Waals surface area contributed by atoms with E-state index in [-0.39, 0.29) is 23.7 Å². The maximum Gasteiger partial charge on any atom is 0.573 e. The molecule has 1 amide bonds. The van der Waals surface area contributed by atoms with E-state index in [1.165, 1.54) is 24.3 Å². The molecule has 0 fully saturated rings. The van der Waals surface area contributed by atoms with Crippen LogP contribution in [0.2, 0.25) is 0 Å². The minimum atomic E-state index is -4.71. The van der Waals surface area contributed by atoms with Gasteiger partial charge in [0.25, 0.3) is 0 Å². The smallest absolute Gasteiger partial charge is 0.406 e. The van der Waals surface area contributed by atoms with E-state index < -0.39 is 6.36 Å². The molecule has 2 N–H and O–H groups in total. The number of rotatable bonds is 6. The monoisotopic (exact) mass is 304 g/mol. The van der Waals surface area contributed by atoms with Crippen molar-refractivity contribution in [3.63, 3.8) is 0 Å². The highest BCUT2D eigenvalue weighted by Crippen LogP contribution is 2.23. The molecule has 0 aliphatic rings. The molecule has 0 saturated heterocycles. The van der Waals surface area contributed by atoms with Crippen molar-refractivity contribution in [1.29, 1.82) is 0 Å². The molecule has 1 rings (SSSR count). The number of amides is 1. The van der Waals surface area contributed by atoms with Gasteiger partial charge in [-0.25, -0.2) is 0 Å². The number of carbonyl (C=O) groups is 1. The number of benzene rings is 1. The Hall–Kier alpha value is -1.92. The molecule has 0 saturated carbocycles. The number of halogens is 3. The summed E-state index contributed by atoms with van der Waals surface area (Å²) < 4.78 is 39.7. The van der Waals surface area contributed by atoms with Crippen LogP contribution in [0.3, 0.4) is 0 Å². The van der Waals surface area contributed by atoms with Crippen LogP contribution in [-0.2, 0) is 4.79 Å². The second kappa shape index (κ2) is 6.69. The second-order valence-electron chi connectivity index (χ2n) is 5.21. The highest BCUT2D eigenvalue weighted by molar-refractivity contribution is 5.81. The van der Waals surface area contributed by atoms with Gasteiger partial charge < -0.3 is 15.4 Å². The van der Waals surface area contributed by atoms with E-state index in [2.05, 4.69) is 15.4 Å². The third-order valence-electron chi connectivity index (χ3n) is 2.90. The summed E-state index contributed by atoms with van der Waals surface area (Å²) in [6, 6.07) is 5.20. The van der Waals surface area contributed by atoms with Crippen LogP contribution in [0.1, 0.15) is 27.2 Å². The standard InChI is InChI=1S/C14H19F3N2O2/c1-4-13(2,3)19-12(20)9-18-10-5-7-11(8-6-10)21-14(15,16)17/h5-8,18H,4,9H2,1-3H3,(H,19,20). The van der Waals surface area contributed by atoms with Crippen LogP contribution in [0.25, 0.3) is 0 Å². The van der Waals surface area contributed by atoms with Gasteiger partial charge in [-0.15, -0.1) is 13.2 Å². The van der Waals surface area contributed by atoms with Crippen LogP contribution in [0.4, 0.5) is 18.9 Å². The average Bonchev–Trinajstić information content (AvgIpc) is 2.36. The van der Waals surface area contributed by atoms with Crippen molar-refractivity contribution >= 4 is 11.6 Å².